The van der Waals surface area contributed by atoms with Gasteiger partial charge < -0.3 is 5.73 Å². The van der Waals surface area contributed by atoms with E-state index >= 15 is 0 Å². The Balaban J connectivity index is 2.90. The summed E-state index contributed by atoms with van der Waals surface area (Å²) in [5.41, 5.74) is 5.35. The minimum Gasteiger partial charge on any atom is -0.329 e. The second-order valence-corrected chi connectivity index (χ2v) is 5.76. The molecule has 1 saturated heterocycles. The van der Waals surface area contributed by atoms with Crippen LogP contribution in [0.1, 0.15) is 13.3 Å². The molecular formula is C8H15N3O4S. The molecule has 8 heteroatoms. The van der Waals surface area contributed by atoms with Crippen molar-refractivity contribution in [3.05, 3.63) is 0 Å². The molecule has 0 aromatic rings. The molecule has 0 aliphatic carbocycles. The molecule has 1 aliphatic heterocycles. The molecule has 92 valence electrons. The van der Waals surface area contributed by atoms with E-state index in [9.17, 15) is 18.0 Å². The number of hydrogen-bond donors (Lipinski definition) is 2. The highest BCUT2D eigenvalue weighted by Gasteiger charge is 2.35. The van der Waals surface area contributed by atoms with E-state index in [1.165, 1.54) is 0 Å². The van der Waals surface area contributed by atoms with Gasteiger partial charge in [-0.05, 0) is 6.42 Å². The number of piperazine rings is 1. The SMILES string of the molecule is CCC(CN)S(=O)(=O)N1CC(=O)NC(=O)C1. The van der Waals surface area contributed by atoms with E-state index in [2.05, 4.69) is 0 Å². The average Bonchev–Trinajstić information content (AvgIpc) is 2.17. The van der Waals surface area contributed by atoms with Gasteiger partial charge in [-0.25, -0.2) is 8.42 Å². The Labute approximate surface area is 94.0 Å². The van der Waals surface area contributed by atoms with Gasteiger partial charge in [0.25, 0.3) is 0 Å². The number of rotatable bonds is 4. The van der Waals surface area contributed by atoms with Crippen molar-refractivity contribution < 1.29 is 18.0 Å². The molecule has 16 heavy (non-hydrogen) atoms. The number of carbonyl (C=O) groups excluding carboxylic acids is 2. The molecule has 1 unspecified atom stereocenters. The summed E-state index contributed by atoms with van der Waals surface area (Å²) in [5, 5.41) is 1.30. The predicted octanol–water partition coefficient (Wildman–Crippen LogP) is -1.99. The largest absolute Gasteiger partial charge is 0.329 e. The van der Waals surface area contributed by atoms with E-state index < -0.39 is 27.1 Å². The van der Waals surface area contributed by atoms with Gasteiger partial charge in [-0.15, -0.1) is 0 Å². The van der Waals surface area contributed by atoms with E-state index in [4.69, 9.17) is 5.73 Å². The summed E-state index contributed by atoms with van der Waals surface area (Å²) in [6.07, 6.45) is 0.352. The molecule has 1 rings (SSSR count). The highest BCUT2D eigenvalue weighted by molar-refractivity contribution is 7.89. The maximum absolute atomic E-state index is 12.0. The van der Waals surface area contributed by atoms with Crippen molar-refractivity contribution in [3.8, 4) is 0 Å². The van der Waals surface area contributed by atoms with Gasteiger partial charge in [0.15, 0.2) is 0 Å². The fourth-order valence-corrected chi connectivity index (χ4v) is 3.18. The fraction of sp³-hybridized carbons (Fsp3) is 0.750. The molecule has 0 radical (unpaired) electrons. The number of nitrogens with zero attached hydrogens (tertiary/aromatic N) is 1. The molecule has 0 saturated carbocycles. The third-order valence-electron chi connectivity index (χ3n) is 2.42. The van der Waals surface area contributed by atoms with Crippen LogP contribution in [0.4, 0.5) is 0 Å². The maximum atomic E-state index is 12.0. The molecule has 0 spiro atoms. The van der Waals surface area contributed by atoms with Crippen molar-refractivity contribution in [2.45, 2.75) is 18.6 Å². The summed E-state index contributed by atoms with van der Waals surface area (Å²) in [6.45, 7) is 1.04. The summed E-state index contributed by atoms with van der Waals surface area (Å²) < 4.78 is 24.8. The van der Waals surface area contributed by atoms with Crippen LogP contribution in [-0.4, -0.2) is 49.4 Å². The summed E-state index contributed by atoms with van der Waals surface area (Å²) in [4.78, 5) is 22.1. The van der Waals surface area contributed by atoms with Crippen molar-refractivity contribution in [1.82, 2.24) is 9.62 Å². The molecule has 0 bridgehead atoms. The smallest absolute Gasteiger partial charge is 0.241 e. The van der Waals surface area contributed by atoms with Gasteiger partial charge in [0.1, 0.15) is 0 Å². The van der Waals surface area contributed by atoms with Crippen molar-refractivity contribution in [2.24, 2.45) is 5.73 Å². The maximum Gasteiger partial charge on any atom is 0.241 e. The van der Waals surface area contributed by atoms with Crippen LogP contribution in [-0.2, 0) is 19.6 Å². The zero-order chi connectivity index (χ0) is 12.3. The number of nitrogens with two attached hydrogens (primary N) is 1. The number of hydrogen-bond acceptors (Lipinski definition) is 5. The molecule has 1 atom stereocenters. The van der Waals surface area contributed by atoms with Crippen LogP contribution >= 0.6 is 0 Å². The van der Waals surface area contributed by atoms with Crippen LogP contribution in [0, 0.1) is 0 Å². The van der Waals surface area contributed by atoms with Crippen LogP contribution in [0.5, 0.6) is 0 Å². The van der Waals surface area contributed by atoms with Crippen molar-refractivity contribution in [2.75, 3.05) is 19.6 Å². The quantitative estimate of drug-likeness (QED) is 0.561. The molecular weight excluding hydrogens is 234 g/mol. The van der Waals surface area contributed by atoms with Gasteiger partial charge in [0.2, 0.25) is 21.8 Å². The van der Waals surface area contributed by atoms with Crippen LogP contribution in [0.15, 0.2) is 0 Å². The zero-order valence-corrected chi connectivity index (χ0v) is 9.79. The van der Waals surface area contributed by atoms with Crippen LogP contribution in [0.2, 0.25) is 0 Å². The molecule has 1 fully saturated rings. The Morgan fingerprint density at radius 3 is 2.25 bits per heavy atom. The molecule has 0 aromatic heterocycles. The number of sulfonamides is 1. The summed E-state index contributed by atoms with van der Waals surface area (Å²) >= 11 is 0. The van der Waals surface area contributed by atoms with Crippen molar-refractivity contribution in [1.29, 1.82) is 0 Å². The third kappa shape index (κ3) is 2.57. The van der Waals surface area contributed by atoms with Gasteiger partial charge in [-0.1, -0.05) is 6.92 Å². The Hall–Kier alpha value is -0.990. The number of carbonyl (C=O) groups is 2. The molecule has 1 heterocycles. The van der Waals surface area contributed by atoms with Crippen LogP contribution in [0.25, 0.3) is 0 Å². The van der Waals surface area contributed by atoms with E-state index in [0.29, 0.717) is 6.42 Å². The van der Waals surface area contributed by atoms with E-state index in [1.54, 1.807) is 6.92 Å². The second kappa shape index (κ2) is 4.89. The zero-order valence-electron chi connectivity index (χ0n) is 8.97. The molecule has 3 N–H and O–H groups in total. The standard InChI is InChI=1S/C8H15N3O4S/c1-2-6(3-9)16(14,15)11-4-7(12)10-8(13)5-11/h6H,2-5,9H2,1H3,(H,10,12,13). The first kappa shape index (κ1) is 13.1. The Bertz CT molecular complexity index is 372. The van der Waals surface area contributed by atoms with Gasteiger partial charge in [0.05, 0.1) is 18.3 Å². The monoisotopic (exact) mass is 249 g/mol. The van der Waals surface area contributed by atoms with E-state index in [1.807, 2.05) is 5.32 Å². The van der Waals surface area contributed by atoms with Gasteiger partial charge in [0, 0.05) is 6.54 Å². The summed E-state index contributed by atoms with van der Waals surface area (Å²) in [7, 11) is -3.66. The normalized spacial score (nSPS) is 20.6. The number of nitrogens with one attached hydrogen (secondary N) is 1. The van der Waals surface area contributed by atoms with Gasteiger partial charge in [-0.3, -0.25) is 14.9 Å². The highest BCUT2D eigenvalue weighted by atomic mass is 32.2. The first-order valence-corrected chi connectivity index (χ1v) is 6.43. The van der Waals surface area contributed by atoms with Crippen molar-refractivity contribution in [3.63, 3.8) is 0 Å². The highest BCUT2D eigenvalue weighted by Crippen LogP contribution is 2.12. The fourth-order valence-electron chi connectivity index (χ4n) is 1.50. The van der Waals surface area contributed by atoms with Crippen LogP contribution < -0.4 is 11.1 Å². The van der Waals surface area contributed by atoms with E-state index in [-0.39, 0.29) is 19.6 Å². The first-order chi connectivity index (χ1) is 7.41. The topological polar surface area (TPSA) is 110 Å². The lowest BCUT2D eigenvalue weighted by Crippen LogP contribution is -2.55. The molecule has 2 amide bonds. The van der Waals surface area contributed by atoms with Crippen molar-refractivity contribution >= 4 is 21.8 Å². The molecule has 1 aliphatic rings. The first-order valence-electron chi connectivity index (χ1n) is 4.93. The summed E-state index contributed by atoms with van der Waals surface area (Å²) in [5.74, 6) is -1.21. The summed E-state index contributed by atoms with van der Waals surface area (Å²) in [6, 6.07) is 0. The lowest BCUT2D eigenvalue weighted by atomic mass is 10.3. The van der Waals surface area contributed by atoms with Gasteiger partial charge in [-0.2, -0.15) is 4.31 Å². The number of amides is 2. The van der Waals surface area contributed by atoms with Gasteiger partial charge >= 0.3 is 0 Å². The molecule has 7 nitrogen and oxygen atoms in total. The van der Waals surface area contributed by atoms with E-state index in [0.717, 1.165) is 4.31 Å². The number of imide groups is 1. The Morgan fingerprint density at radius 1 is 1.38 bits per heavy atom. The van der Waals surface area contributed by atoms with Crippen LogP contribution in [0.3, 0.4) is 0 Å². The lowest BCUT2D eigenvalue weighted by Gasteiger charge is -2.28. The average molecular weight is 249 g/mol. The minimum absolute atomic E-state index is 0.0227. The second-order valence-electron chi connectivity index (χ2n) is 3.55. The predicted molar refractivity (Wildman–Crippen MR) is 56.8 cm³/mol. The minimum atomic E-state index is -3.66. The Morgan fingerprint density at radius 2 is 1.88 bits per heavy atom. The third-order valence-corrected chi connectivity index (χ3v) is 4.76. The Kier molecular flexibility index (Phi) is 4.00. The lowest BCUT2D eigenvalue weighted by molar-refractivity contribution is -0.134. The molecule has 0 aromatic carbocycles.